The molecule has 0 unspecified atom stereocenters. The molecule has 0 spiro atoms. The Kier molecular flexibility index (Phi) is 3.52. The Hall–Kier alpha value is -1.29. The largest absolute Gasteiger partial charge is 0.341 e. The molecule has 1 aliphatic carbocycles. The van der Waals surface area contributed by atoms with Crippen LogP contribution in [0.15, 0.2) is 23.1 Å². The summed E-state index contributed by atoms with van der Waals surface area (Å²) in [6.07, 6.45) is 3.40. The third kappa shape index (κ3) is 2.88. The monoisotopic (exact) mass is 254 g/mol. The van der Waals surface area contributed by atoms with Crippen LogP contribution in [0.5, 0.6) is 0 Å². The summed E-state index contributed by atoms with van der Waals surface area (Å²) < 4.78 is 0. The lowest BCUT2D eigenvalue weighted by atomic mass is 9.84. The average Bonchev–Trinajstić information content (AvgIpc) is 2.27. The number of nitrogens with zero attached hydrogens (tertiary/aromatic N) is 1. The van der Waals surface area contributed by atoms with Crippen LogP contribution in [0.2, 0.25) is 0 Å². The predicted octanol–water partition coefficient (Wildman–Crippen LogP) is 1.46. The van der Waals surface area contributed by atoms with Gasteiger partial charge in [0.05, 0.1) is 5.56 Å². The van der Waals surface area contributed by atoms with Crippen molar-refractivity contribution in [3.05, 3.63) is 34.2 Å². The lowest BCUT2D eigenvalue weighted by molar-refractivity contribution is 0.0746. The first kappa shape index (κ1) is 12.2. The summed E-state index contributed by atoms with van der Waals surface area (Å²) in [4.78, 5) is 27.1. The number of halogens is 1. The summed E-state index contributed by atoms with van der Waals surface area (Å²) in [5.41, 5.74) is 0.307. The van der Waals surface area contributed by atoms with E-state index >= 15 is 0 Å². The summed E-state index contributed by atoms with van der Waals surface area (Å²) in [6.45, 7) is 0.723. The first-order valence-corrected chi connectivity index (χ1v) is 6.08. The Bertz CT molecular complexity index is 445. The zero-order valence-electron chi connectivity index (χ0n) is 9.65. The van der Waals surface area contributed by atoms with Crippen LogP contribution in [0, 0.1) is 5.92 Å². The highest BCUT2D eigenvalue weighted by atomic mass is 35.5. The molecular weight excluding hydrogens is 240 g/mol. The number of carbonyl (C=O) groups excluding carboxylic acids is 1. The van der Waals surface area contributed by atoms with Crippen LogP contribution in [0.3, 0.4) is 0 Å². The number of hydrogen-bond acceptors (Lipinski definition) is 2. The minimum absolute atomic E-state index is 0.0701. The van der Waals surface area contributed by atoms with E-state index in [1.807, 2.05) is 0 Å². The summed E-state index contributed by atoms with van der Waals surface area (Å²) in [7, 11) is 1.77. The molecule has 5 heteroatoms. The number of rotatable bonds is 3. The predicted molar refractivity (Wildman–Crippen MR) is 66.4 cm³/mol. The molecule has 1 N–H and O–H groups in total. The number of H-pyrrole nitrogens is 1. The van der Waals surface area contributed by atoms with Gasteiger partial charge in [0.15, 0.2) is 0 Å². The van der Waals surface area contributed by atoms with Gasteiger partial charge in [0.1, 0.15) is 0 Å². The molecule has 1 fully saturated rings. The highest BCUT2D eigenvalue weighted by Crippen LogP contribution is 2.32. The first-order valence-electron chi connectivity index (χ1n) is 5.64. The summed E-state index contributed by atoms with van der Waals surface area (Å²) in [6, 6.07) is 2.90. The lowest BCUT2D eigenvalue weighted by Crippen LogP contribution is -2.38. The summed E-state index contributed by atoms with van der Waals surface area (Å²) >= 11 is 5.90. The van der Waals surface area contributed by atoms with Crippen molar-refractivity contribution in [2.75, 3.05) is 13.6 Å². The number of hydrogen-bond donors (Lipinski definition) is 1. The van der Waals surface area contributed by atoms with Crippen LogP contribution in [0.1, 0.15) is 23.2 Å². The molecule has 0 saturated heterocycles. The fourth-order valence-corrected chi connectivity index (χ4v) is 2.54. The molecule has 1 aromatic rings. The maximum atomic E-state index is 12.0. The molecule has 17 heavy (non-hydrogen) atoms. The molecule has 1 aliphatic rings. The van der Waals surface area contributed by atoms with Crippen molar-refractivity contribution in [2.45, 2.75) is 18.2 Å². The number of aromatic nitrogens is 1. The third-order valence-corrected chi connectivity index (χ3v) is 3.44. The SMILES string of the molecule is CN(CC1CC(Cl)C1)C(=O)c1ccc(=O)[nH]c1. The van der Waals surface area contributed by atoms with Gasteiger partial charge in [-0.15, -0.1) is 11.6 Å². The van der Waals surface area contributed by atoms with Crippen molar-refractivity contribution in [1.82, 2.24) is 9.88 Å². The van der Waals surface area contributed by atoms with Gasteiger partial charge in [-0.1, -0.05) is 0 Å². The van der Waals surface area contributed by atoms with Crippen molar-refractivity contribution in [3.8, 4) is 0 Å². The van der Waals surface area contributed by atoms with Crippen molar-refractivity contribution in [3.63, 3.8) is 0 Å². The molecule has 1 heterocycles. The van der Waals surface area contributed by atoms with Crippen molar-refractivity contribution in [1.29, 1.82) is 0 Å². The molecule has 0 radical (unpaired) electrons. The van der Waals surface area contributed by atoms with Gasteiger partial charge >= 0.3 is 0 Å². The number of amides is 1. The average molecular weight is 255 g/mol. The van der Waals surface area contributed by atoms with E-state index in [9.17, 15) is 9.59 Å². The van der Waals surface area contributed by atoms with E-state index in [1.165, 1.54) is 12.3 Å². The number of pyridine rings is 1. The number of carbonyl (C=O) groups is 1. The zero-order valence-corrected chi connectivity index (χ0v) is 10.4. The molecule has 92 valence electrons. The van der Waals surface area contributed by atoms with Gasteiger partial charge in [0.25, 0.3) is 5.91 Å². The smallest absolute Gasteiger partial charge is 0.255 e. The van der Waals surface area contributed by atoms with E-state index in [2.05, 4.69) is 4.98 Å². The van der Waals surface area contributed by atoms with Gasteiger partial charge in [-0.2, -0.15) is 0 Å². The first-order chi connectivity index (χ1) is 8.06. The molecular formula is C12H15ClN2O2. The van der Waals surface area contributed by atoms with E-state index in [0.717, 1.165) is 19.4 Å². The molecule has 0 aliphatic heterocycles. The van der Waals surface area contributed by atoms with Crippen molar-refractivity contribution in [2.24, 2.45) is 5.92 Å². The highest BCUT2D eigenvalue weighted by molar-refractivity contribution is 6.21. The summed E-state index contributed by atoms with van der Waals surface area (Å²) in [5.74, 6) is 0.438. The van der Waals surface area contributed by atoms with Gasteiger partial charge in [-0.25, -0.2) is 0 Å². The molecule has 0 bridgehead atoms. The van der Waals surface area contributed by atoms with Crippen LogP contribution in [0.4, 0.5) is 0 Å². The topological polar surface area (TPSA) is 53.2 Å². The van der Waals surface area contributed by atoms with Gasteiger partial charge in [0.2, 0.25) is 5.56 Å². The molecule has 2 rings (SSSR count). The van der Waals surface area contributed by atoms with Gasteiger partial charge in [-0.3, -0.25) is 9.59 Å². The van der Waals surface area contributed by atoms with E-state index in [1.54, 1.807) is 18.0 Å². The quantitative estimate of drug-likeness (QED) is 0.831. The van der Waals surface area contributed by atoms with Crippen LogP contribution in [-0.2, 0) is 0 Å². The number of aromatic amines is 1. The van der Waals surface area contributed by atoms with Crippen LogP contribution >= 0.6 is 11.6 Å². The Morgan fingerprint density at radius 1 is 1.53 bits per heavy atom. The van der Waals surface area contributed by atoms with Gasteiger partial charge < -0.3 is 9.88 Å². The molecule has 0 atom stereocenters. The number of nitrogens with one attached hydrogen (secondary N) is 1. The maximum Gasteiger partial charge on any atom is 0.255 e. The minimum atomic E-state index is -0.201. The van der Waals surface area contributed by atoms with Crippen molar-refractivity contribution >= 4 is 17.5 Å². The van der Waals surface area contributed by atoms with E-state index in [0.29, 0.717) is 11.5 Å². The van der Waals surface area contributed by atoms with Crippen molar-refractivity contribution < 1.29 is 4.79 Å². The Balaban J connectivity index is 1.94. The lowest BCUT2D eigenvalue weighted by Gasteiger charge is -2.34. The third-order valence-electron chi connectivity index (χ3n) is 3.09. The van der Waals surface area contributed by atoms with Gasteiger partial charge in [0, 0.05) is 31.2 Å². The van der Waals surface area contributed by atoms with E-state index in [4.69, 9.17) is 11.6 Å². The molecule has 1 saturated carbocycles. The van der Waals surface area contributed by atoms with E-state index < -0.39 is 0 Å². The van der Waals surface area contributed by atoms with Crippen LogP contribution in [-0.4, -0.2) is 34.8 Å². The van der Waals surface area contributed by atoms with Crippen LogP contribution in [0.25, 0.3) is 0 Å². The summed E-state index contributed by atoms with van der Waals surface area (Å²) in [5, 5.41) is 0.275. The molecule has 0 aromatic carbocycles. The highest BCUT2D eigenvalue weighted by Gasteiger charge is 2.29. The van der Waals surface area contributed by atoms with Gasteiger partial charge in [-0.05, 0) is 24.8 Å². The second-order valence-electron chi connectivity index (χ2n) is 4.56. The fraction of sp³-hybridized carbons (Fsp3) is 0.500. The second kappa shape index (κ2) is 4.92. The van der Waals surface area contributed by atoms with E-state index in [-0.39, 0.29) is 16.8 Å². The Morgan fingerprint density at radius 2 is 2.24 bits per heavy atom. The molecule has 4 nitrogen and oxygen atoms in total. The zero-order chi connectivity index (χ0) is 12.4. The minimum Gasteiger partial charge on any atom is -0.341 e. The molecule has 1 amide bonds. The fourth-order valence-electron chi connectivity index (χ4n) is 2.04. The Morgan fingerprint density at radius 3 is 2.76 bits per heavy atom. The normalized spacial score (nSPS) is 22.9. The second-order valence-corrected chi connectivity index (χ2v) is 5.18. The Labute approximate surface area is 105 Å². The number of alkyl halides is 1. The standard InChI is InChI=1S/C12H15ClN2O2/c1-15(7-8-4-10(13)5-8)12(17)9-2-3-11(16)14-6-9/h2-3,6,8,10H,4-5,7H2,1H3,(H,14,16). The van der Waals surface area contributed by atoms with Crippen LogP contribution < -0.4 is 5.56 Å². The molecule has 1 aromatic heterocycles. The maximum absolute atomic E-state index is 12.0.